The van der Waals surface area contributed by atoms with Gasteiger partial charge in [-0.15, -0.1) is 0 Å². The van der Waals surface area contributed by atoms with E-state index in [1.165, 1.54) is 0 Å². The first-order valence-electron chi connectivity index (χ1n) is 5.85. The summed E-state index contributed by atoms with van der Waals surface area (Å²) in [6.07, 6.45) is 0.866. The highest BCUT2D eigenvalue weighted by Gasteiger charge is 2.07. The SMILES string of the molecule is C=Cc1ccc(C(O)OCc2ccccc2)cc1. The molecular formula is C16H16O2. The van der Waals surface area contributed by atoms with E-state index >= 15 is 0 Å². The molecule has 0 bridgehead atoms. The van der Waals surface area contributed by atoms with Crippen LogP contribution < -0.4 is 0 Å². The topological polar surface area (TPSA) is 29.5 Å². The maximum atomic E-state index is 9.90. The van der Waals surface area contributed by atoms with Crippen LogP contribution in [0.3, 0.4) is 0 Å². The van der Waals surface area contributed by atoms with Gasteiger partial charge in [-0.25, -0.2) is 0 Å². The average molecular weight is 240 g/mol. The van der Waals surface area contributed by atoms with E-state index in [4.69, 9.17) is 4.74 Å². The summed E-state index contributed by atoms with van der Waals surface area (Å²) in [6, 6.07) is 17.3. The summed E-state index contributed by atoms with van der Waals surface area (Å²) in [5.41, 5.74) is 2.81. The first kappa shape index (κ1) is 12.6. The Morgan fingerprint density at radius 2 is 1.72 bits per heavy atom. The van der Waals surface area contributed by atoms with Crippen LogP contribution in [0.15, 0.2) is 61.2 Å². The largest absolute Gasteiger partial charge is 0.364 e. The zero-order chi connectivity index (χ0) is 12.8. The van der Waals surface area contributed by atoms with E-state index in [-0.39, 0.29) is 0 Å². The van der Waals surface area contributed by atoms with Crippen molar-refractivity contribution >= 4 is 6.08 Å². The quantitative estimate of drug-likeness (QED) is 0.810. The Hall–Kier alpha value is -1.90. The zero-order valence-corrected chi connectivity index (χ0v) is 10.1. The van der Waals surface area contributed by atoms with E-state index in [1.807, 2.05) is 54.6 Å². The van der Waals surface area contributed by atoms with E-state index in [2.05, 4.69) is 6.58 Å². The lowest BCUT2D eigenvalue weighted by molar-refractivity contribution is -0.111. The van der Waals surface area contributed by atoms with Gasteiger partial charge in [-0.3, -0.25) is 0 Å². The summed E-state index contributed by atoms with van der Waals surface area (Å²) >= 11 is 0. The van der Waals surface area contributed by atoms with E-state index < -0.39 is 6.29 Å². The summed E-state index contributed by atoms with van der Waals surface area (Å²) in [5, 5.41) is 9.90. The van der Waals surface area contributed by atoms with Crippen LogP contribution in [0.5, 0.6) is 0 Å². The number of hydrogen-bond acceptors (Lipinski definition) is 2. The Morgan fingerprint density at radius 3 is 2.33 bits per heavy atom. The Bertz CT molecular complexity index is 488. The minimum Gasteiger partial charge on any atom is -0.364 e. The van der Waals surface area contributed by atoms with Crippen molar-refractivity contribution in [1.29, 1.82) is 0 Å². The van der Waals surface area contributed by atoms with Crippen molar-refractivity contribution in [2.75, 3.05) is 0 Å². The number of aliphatic hydroxyl groups is 1. The monoisotopic (exact) mass is 240 g/mol. The van der Waals surface area contributed by atoms with Gasteiger partial charge in [-0.1, -0.05) is 67.3 Å². The van der Waals surface area contributed by atoms with Crippen LogP contribution in [0, 0.1) is 0 Å². The van der Waals surface area contributed by atoms with Gasteiger partial charge in [0.05, 0.1) is 6.61 Å². The smallest absolute Gasteiger partial charge is 0.181 e. The molecule has 0 spiro atoms. The molecule has 18 heavy (non-hydrogen) atoms. The molecule has 0 aromatic heterocycles. The molecule has 2 aromatic rings. The van der Waals surface area contributed by atoms with E-state index in [9.17, 15) is 5.11 Å². The molecule has 0 aliphatic carbocycles. The lowest BCUT2D eigenvalue weighted by atomic mass is 10.1. The first-order chi connectivity index (χ1) is 8.79. The van der Waals surface area contributed by atoms with E-state index in [1.54, 1.807) is 6.08 Å². The van der Waals surface area contributed by atoms with Gasteiger partial charge >= 0.3 is 0 Å². The Morgan fingerprint density at radius 1 is 1.06 bits per heavy atom. The lowest BCUT2D eigenvalue weighted by Crippen LogP contribution is -2.03. The molecule has 0 saturated heterocycles. The van der Waals surface area contributed by atoms with Crippen LogP contribution in [0.2, 0.25) is 0 Å². The highest BCUT2D eigenvalue weighted by atomic mass is 16.6. The van der Waals surface area contributed by atoms with Crippen LogP contribution in [0.4, 0.5) is 0 Å². The van der Waals surface area contributed by atoms with Crippen LogP contribution in [-0.2, 0) is 11.3 Å². The summed E-state index contributed by atoms with van der Waals surface area (Å²) in [7, 11) is 0. The summed E-state index contributed by atoms with van der Waals surface area (Å²) in [5.74, 6) is 0. The number of rotatable bonds is 5. The van der Waals surface area contributed by atoms with E-state index in [0.29, 0.717) is 6.61 Å². The Labute approximate surface area is 107 Å². The number of aliphatic hydroxyl groups excluding tert-OH is 1. The van der Waals surface area contributed by atoms with Crippen molar-refractivity contribution in [2.45, 2.75) is 12.9 Å². The second-order valence-electron chi connectivity index (χ2n) is 4.02. The predicted molar refractivity (Wildman–Crippen MR) is 72.7 cm³/mol. The number of ether oxygens (including phenoxy) is 1. The molecule has 0 aliphatic heterocycles. The van der Waals surface area contributed by atoms with Gasteiger partial charge < -0.3 is 9.84 Å². The summed E-state index contributed by atoms with van der Waals surface area (Å²) in [6.45, 7) is 4.08. The normalized spacial score (nSPS) is 12.1. The predicted octanol–water partition coefficient (Wildman–Crippen LogP) is 3.54. The molecule has 0 radical (unpaired) electrons. The van der Waals surface area contributed by atoms with Gasteiger partial charge in [-0.05, 0) is 11.1 Å². The molecule has 0 fully saturated rings. The zero-order valence-electron chi connectivity index (χ0n) is 10.1. The second kappa shape index (κ2) is 6.15. The maximum Gasteiger partial charge on any atom is 0.181 e. The number of benzene rings is 2. The molecule has 0 aliphatic rings. The molecule has 2 nitrogen and oxygen atoms in total. The van der Waals surface area contributed by atoms with Crippen molar-refractivity contribution < 1.29 is 9.84 Å². The minimum absolute atomic E-state index is 0.394. The third kappa shape index (κ3) is 3.29. The molecular weight excluding hydrogens is 224 g/mol. The molecule has 1 N–H and O–H groups in total. The molecule has 1 unspecified atom stereocenters. The third-order valence-electron chi connectivity index (χ3n) is 2.71. The highest BCUT2D eigenvalue weighted by Crippen LogP contribution is 2.17. The average Bonchev–Trinajstić information content (AvgIpc) is 2.46. The van der Waals surface area contributed by atoms with Gasteiger partial charge in [0, 0.05) is 5.56 Å². The third-order valence-corrected chi connectivity index (χ3v) is 2.71. The van der Waals surface area contributed by atoms with Crippen molar-refractivity contribution in [2.24, 2.45) is 0 Å². The minimum atomic E-state index is -0.899. The molecule has 0 amide bonds. The highest BCUT2D eigenvalue weighted by molar-refractivity contribution is 5.47. The molecule has 1 atom stereocenters. The summed E-state index contributed by atoms with van der Waals surface area (Å²) < 4.78 is 5.42. The van der Waals surface area contributed by atoms with Crippen LogP contribution in [0.25, 0.3) is 6.08 Å². The Kier molecular flexibility index (Phi) is 4.29. The van der Waals surface area contributed by atoms with Gasteiger partial charge in [-0.2, -0.15) is 0 Å². The first-order valence-corrected chi connectivity index (χ1v) is 5.85. The lowest BCUT2D eigenvalue weighted by Gasteiger charge is -2.12. The molecule has 0 heterocycles. The fraction of sp³-hybridized carbons (Fsp3) is 0.125. The van der Waals surface area contributed by atoms with Crippen molar-refractivity contribution in [3.63, 3.8) is 0 Å². The molecule has 0 saturated carbocycles. The van der Waals surface area contributed by atoms with Crippen LogP contribution in [0.1, 0.15) is 23.0 Å². The fourth-order valence-corrected chi connectivity index (χ4v) is 1.64. The van der Waals surface area contributed by atoms with Crippen LogP contribution in [-0.4, -0.2) is 5.11 Å². The fourth-order valence-electron chi connectivity index (χ4n) is 1.64. The van der Waals surface area contributed by atoms with E-state index in [0.717, 1.165) is 16.7 Å². The van der Waals surface area contributed by atoms with Gasteiger partial charge in [0.15, 0.2) is 6.29 Å². The van der Waals surface area contributed by atoms with Crippen LogP contribution >= 0.6 is 0 Å². The number of hydrogen-bond donors (Lipinski definition) is 1. The van der Waals surface area contributed by atoms with Crippen molar-refractivity contribution in [1.82, 2.24) is 0 Å². The van der Waals surface area contributed by atoms with Crippen molar-refractivity contribution in [3.05, 3.63) is 77.9 Å². The molecule has 2 rings (SSSR count). The molecule has 92 valence electrons. The van der Waals surface area contributed by atoms with Gasteiger partial charge in [0.2, 0.25) is 0 Å². The molecule has 2 aromatic carbocycles. The van der Waals surface area contributed by atoms with Crippen molar-refractivity contribution in [3.8, 4) is 0 Å². The molecule has 2 heteroatoms. The maximum absolute atomic E-state index is 9.90. The summed E-state index contributed by atoms with van der Waals surface area (Å²) in [4.78, 5) is 0. The van der Waals surface area contributed by atoms with Gasteiger partial charge in [0.25, 0.3) is 0 Å². The second-order valence-corrected chi connectivity index (χ2v) is 4.02. The Balaban J connectivity index is 1.94. The van der Waals surface area contributed by atoms with Gasteiger partial charge in [0.1, 0.15) is 0 Å². The standard InChI is InChI=1S/C16H16O2/c1-2-13-8-10-15(11-9-13)16(17)18-12-14-6-4-3-5-7-14/h2-11,16-17H,1,12H2.